The zero-order valence-electron chi connectivity index (χ0n) is 12.7. The molecule has 0 rings (SSSR count). The van der Waals surface area contributed by atoms with Crippen molar-refractivity contribution in [3.63, 3.8) is 0 Å². The number of carboxylic acids is 1. The summed E-state index contributed by atoms with van der Waals surface area (Å²) in [6, 6.07) is 0. The molecule has 0 spiro atoms. The topological polar surface area (TPSA) is 57.6 Å². The number of likely N-dealkylation sites (N-methyl/N-ethyl adjacent to an activating group) is 1. The monoisotopic (exact) mass is 257 g/mol. The Hall–Kier alpha value is -1.06. The second kappa shape index (κ2) is 5.72. The Bertz CT molecular complexity index is 315. The van der Waals surface area contributed by atoms with Crippen LogP contribution in [0.25, 0.3) is 0 Å². The number of rotatable bonds is 5. The van der Waals surface area contributed by atoms with Crippen molar-refractivity contribution in [2.75, 3.05) is 6.54 Å². The standard InChI is InChI=1S/C14H27NO3/c1-8-15(14(6,7)12(17)18)11(16)9-10(2)13(3,4)5/h10H,8-9H2,1-7H3,(H,17,18). The molecule has 0 radical (unpaired) electrons. The van der Waals surface area contributed by atoms with E-state index in [9.17, 15) is 14.7 Å². The quantitative estimate of drug-likeness (QED) is 0.824. The first kappa shape index (κ1) is 16.9. The van der Waals surface area contributed by atoms with Crippen molar-refractivity contribution >= 4 is 11.9 Å². The third-order valence-corrected chi connectivity index (χ3v) is 3.77. The van der Waals surface area contributed by atoms with Crippen LogP contribution in [0.2, 0.25) is 0 Å². The first-order valence-electron chi connectivity index (χ1n) is 6.48. The number of nitrogens with zero attached hydrogens (tertiary/aromatic N) is 1. The summed E-state index contributed by atoms with van der Waals surface area (Å²) < 4.78 is 0. The summed E-state index contributed by atoms with van der Waals surface area (Å²) in [5.74, 6) is -0.850. The van der Waals surface area contributed by atoms with E-state index in [1.54, 1.807) is 13.8 Å². The smallest absolute Gasteiger partial charge is 0.329 e. The molecule has 106 valence electrons. The van der Waals surface area contributed by atoms with Crippen LogP contribution < -0.4 is 0 Å². The van der Waals surface area contributed by atoms with E-state index in [2.05, 4.69) is 20.8 Å². The maximum absolute atomic E-state index is 12.2. The summed E-state index contributed by atoms with van der Waals surface area (Å²) in [6.07, 6.45) is 0.383. The molecular formula is C14H27NO3. The second-order valence-corrected chi connectivity index (χ2v) is 6.47. The van der Waals surface area contributed by atoms with Crippen molar-refractivity contribution < 1.29 is 14.7 Å². The van der Waals surface area contributed by atoms with E-state index in [1.165, 1.54) is 4.90 Å². The highest BCUT2D eigenvalue weighted by atomic mass is 16.4. The van der Waals surface area contributed by atoms with Gasteiger partial charge in [0.2, 0.25) is 5.91 Å². The summed E-state index contributed by atoms with van der Waals surface area (Å²) in [7, 11) is 0. The third kappa shape index (κ3) is 4.00. The summed E-state index contributed by atoms with van der Waals surface area (Å²) in [5.41, 5.74) is -1.11. The molecule has 0 aliphatic heterocycles. The molecule has 1 unspecified atom stereocenters. The molecule has 0 aliphatic rings. The Morgan fingerprint density at radius 3 is 1.89 bits per heavy atom. The molecule has 0 fully saturated rings. The van der Waals surface area contributed by atoms with Gasteiger partial charge >= 0.3 is 5.97 Å². The number of carbonyl (C=O) groups excluding carboxylic acids is 1. The predicted molar refractivity (Wildman–Crippen MR) is 72.3 cm³/mol. The molecule has 0 aromatic heterocycles. The van der Waals surface area contributed by atoms with Gasteiger partial charge in [-0.1, -0.05) is 27.7 Å². The zero-order valence-corrected chi connectivity index (χ0v) is 12.7. The van der Waals surface area contributed by atoms with Gasteiger partial charge in [0.25, 0.3) is 0 Å². The third-order valence-electron chi connectivity index (χ3n) is 3.77. The second-order valence-electron chi connectivity index (χ2n) is 6.47. The van der Waals surface area contributed by atoms with Gasteiger partial charge in [-0.2, -0.15) is 0 Å². The van der Waals surface area contributed by atoms with Crippen LogP contribution >= 0.6 is 0 Å². The Kier molecular flexibility index (Phi) is 5.38. The highest BCUT2D eigenvalue weighted by Gasteiger charge is 2.37. The van der Waals surface area contributed by atoms with Crippen LogP contribution in [0.5, 0.6) is 0 Å². The molecule has 4 heteroatoms. The number of aliphatic carboxylic acids is 1. The molecule has 1 N–H and O–H groups in total. The Labute approximate surface area is 110 Å². The van der Waals surface area contributed by atoms with Crippen LogP contribution in [0.4, 0.5) is 0 Å². The molecule has 0 aliphatic carbocycles. The summed E-state index contributed by atoms with van der Waals surface area (Å²) >= 11 is 0. The van der Waals surface area contributed by atoms with E-state index in [-0.39, 0.29) is 17.2 Å². The van der Waals surface area contributed by atoms with Gasteiger partial charge in [-0.3, -0.25) is 4.79 Å². The lowest BCUT2D eigenvalue weighted by Crippen LogP contribution is -2.53. The molecule has 0 heterocycles. The fourth-order valence-corrected chi connectivity index (χ4v) is 1.68. The SMILES string of the molecule is CCN(C(=O)CC(C)C(C)(C)C)C(C)(C)C(=O)O. The minimum atomic E-state index is -1.15. The fourth-order valence-electron chi connectivity index (χ4n) is 1.68. The lowest BCUT2D eigenvalue weighted by atomic mass is 9.79. The molecule has 0 saturated heterocycles. The van der Waals surface area contributed by atoms with Crippen LogP contribution in [0.1, 0.15) is 54.9 Å². The molecule has 1 amide bonds. The van der Waals surface area contributed by atoms with Crippen molar-refractivity contribution in [3.8, 4) is 0 Å². The van der Waals surface area contributed by atoms with E-state index in [4.69, 9.17) is 0 Å². The Morgan fingerprint density at radius 2 is 1.61 bits per heavy atom. The summed E-state index contributed by atoms with van der Waals surface area (Å²) in [5, 5.41) is 9.19. The zero-order chi connectivity index (χ0) is 14.7. The van der Waals surface area contributed by atoms with Crippen molar-refractivity contribution in [2.45, 2.75) is 60.4 Å². The van der Waals surface area contributed by atoms with Gasteiger partial charge in [0.15, 0.2) is 0 Å². The average molecular weight is 257 g/mol. The van der Waals surface area contributed by atoms with Gasteiger partial charge in [-0.15, -0.1) is 0 Å². The minimum absolute atomic E-state index is 0.0441. The first-order valence-corrected chi connectivity index (χ1v) is 6.48. The molecule has 0 aromatic carbocycles. The maximum atomic E-state index is 12.2. The predicted octanol–water partition coefficient (Wildman–Crippen LogP) is 2.77. The largest absolute Gasteiger partial charge is 0.480 e. The highest BCUT2D eigenvalue weighted by molar-refractivity contribution is 5.86. The normalized spacial score (nSPS) is 14.2. The first-order chi connectivity index (χ1) is 7.94. The van der Waals surface area contributed by atoms with Crippen LogP contribution in [0.15, 0.2) is 0 Å². The van der Waals surface area contributed by atoms with Crippen LogP contribution in [0, 0.1) is 11.3 Å². The lowest BCUT2D eigenvalue weighted by molar-refractivity contribution is -0.157. The number of amides is 1. The number of carboxylic acid groups (broad SMARTS) is 1. The molecule has 0 aromatic rings. The van der Waals surface area contributed by atoms with Gasteiger partial charge in [0, 0.05) is 13.0 Å². The Balaban J connectivity index is 4.90. The van der Waals surface area contributed by atoms with E-state index < -0.39 is 11.5 Å². The number of carbonyl (C=O) groups is 2. The van der Waals surface area contributed by atoms with Gasteiger partial charge < -0.3 is 10.0 Å². The molecule has 4 nitrogen and oxygen atoms in total. The molecular weight excluding hydrogens is 230 g/mol. The van der Waals surface area contributed by atoms with Crippen molar-refractivity contribution in [3.05, 3.63) is 0 Å². The van der Waals surface area contributed by atoms with Gasteiger partial charge in [-0.05, 0) is 32.1 Å². The minimum Gasteiger partial charge on any atom is -0.480 e. The molecule has 0 bridgehead atoms. The van der Waals surface area contributed by atoms with E-state index in [1.807, 2.05) is 13.8 Å². The molecule has 1 atom stereocenters. The highest BCUT2D eigenvalue weighted by Crippen LogP contribution is 2.29. The van der Waals surface area contributed by atoms with E-state index in [0.29, 0.717) is 13.0 Å². The number of hydrogen-bond donors (Lipinski definition) is 1. The summed E-state index contributed by atoms with van der Waals surface area (Å²) in [6.45, 7) is 13.6. The van der Waals surface area contributed by atoms with Gasteiger partial charge in [-0.25, -0.2) is 4.79 Å². The van der Waals surface area contributed by atoms with Crippen molar-refractivity contribution in [2.24, 2.45) is 11.3 Å². The Morgan fingerprint density at radius 1 is 1.17 bits per heavy atom. The maximum Gasteiger partial charge on any atom is 0.329 e. The number of hydrogen-bond acceptors (Lipinski definition) is 2. The lowest BCUT2D eigenvalue weighted by Gasteiger charge is -2.36. The fraction of sp³-hybridized carbons (Fsp3) is 0.857. The van der Waals surface area contributed by atoms with Gasteiger partial charge in [0.05, 0.1) is 0 Å². The van der Waals surface area contributed by atoms with Crippen molar-refractivity contribution in [1.29, 1.82) is 0 Å². The van der Waals surface area contributed by atoms with E-state index in [0.717, 1.165) is 0 Å². The van der Waals surface area contributed by atoms with Crippen LogP contribution in [0.3, 0.4) is 0 Å². The molecule has 18 heavy (non-hydrogen) atoms. The van der Waals surface area contributed by atoms with Crippen LogP contribution in [-0.4, -0.2) is 34.0 Å². The van der Waals surface area contributed by atoms with Gasteiger partial charge in [0.1, 0.15) is 5.54 Å². The van der Waals surface area contributed by atoms with E-state index >= 15 is 0 Å². The summed E-state index contributed by atoms with van der Waals surface area (Å²) in [4.78, 5) is 24.9. The average Bonchev–Trinajstić information content (AvgIpc) is 2.16. The molecule has 0 saturated carbocycles. The van der Waals surface area contributed by atoms with Crippen LogP contribution in [-0.2, 0) is 9.59 Å². The van der Waals surface area contributed by atoms with Crippen molar-refractivity contribution in [1.82, 2.24) is 4.90 Å².